The lowest BCUT2D eigenvalue weighted by Gasteiger charge is -2.37. The smallest absolute Gasteiger partial charge is 0.321 e. The molecule has 2 saturated heterocycles. The van der Waals surface area contributed by atoms with Crippen molar-refractivity contribution in [1.29, 1.82) is 0 Å². The quantitative estimate of drug-likeness (QED) is 0.858. The third kappa shape index (κ3) is 2.85. The van der Waals surface area contributed by atoms with Crippen LogP contribution >= 0.6 is 11.6 Å². The molecule has 0 radical (unpaired) electrons. The Morgan fingerprint density at radius 2 is 2.00 bits per heavy atom. The molecule has 4 nitrogen and oxygen atoms in total. The molecule has 2 heterocycles. The molecule has 0 saturated carbocycles. The number of carbonyl (C=O) groups is 1. The molecule has 1 atom stereocenters. The van der Waals surface area contributed by atoms with E-state index in [1.54, 1.807) is 12.1 Å². The lowest BCUT2D eigenvalue weighted by atomic mass is 10.1. The van der Waals surface area contributed by atoms with E-state index in [1.165, 1.54) is 19.4 Å². The number of anilines is 1. The van der Waals surface area contributed by atoms with Gasteiger partial charge in [-0.15, -0.1) is 0 Å². The van der Waals surface area contributed by atoms with Crippen molar-refractivity contribution in [3.63, 3.8) is 0 Å². The van der Waals surface area contributed by atoms with Gasteiger partial charge in [0.1, 0.15) is 0 Å². The summed E-state index contributed by atoms with van der Waals surface area (Å²) in [4.78, 5) is 16.6. The Hall–Kier alpha value is -1.26. The van der Waals surface area contributed by atoms with Gasteiger partial charge in [0.2, 0.25) is 0 Å². The number of carbonyl (C=O) groups excluding carboxylic acids is 1. The van der Waals surface area contributed by atoms with E-state index in [4.69, 9.17) is 11.6 Å². The number of benzene rings is 1. The highest BCUT2D eigenvalue weighted by Crippen LogP contribution is 2.22. The highest BCUT2D eigenvalue weighted by atomic mass is 35.5. The van der Waals surface area contributed by atoms with Gasteiger partial charge in [0.15, 0.2) is 0 Å². The fourth-order valence-corrected chi connectivity index (χ4v) is 3.04. The number of amides is 2. The summed E-state index contributed by atoms with van der Waals surface area (Å²) < 4.78 is 0. The number of nitrogens with zero attached hydrogens (tertiary/aromatic N) is 2. The molecule has 0 aliphatic carbocycles. The van der Waals surface area contributed by atoms with E-state index in [9.17, 15) is 4.79 Å². The molecule has 3 rings (SSSR count). The molecule has 0 unspecified atom stereocenters. The van der Waals surface area contributed by atoms with E-state index < -0.39 is 0 Å². The molecule has 19 heavy (non-hydrogen) atoms. The van der Waals surface area contributed by atoms with Gasteiger partial charge in [-0.2, -0.15) is 0 Å². The standard InChI is InChI=1S/C14H18ClN3O/c15-11-3-5-12(6-4-11)16-14(19)18-9-8-17-7-1-2-13(17)10-18/h3-6,13H,1-2,7-10H2,(H,16,19)/t13-/m0/s1. The molecule has 0 aromatic heterocycles. The van der Waals surface area contributed by atoms with Crippen LogP contribution in [0.5, 0.6) is 0 Å². The summed E-state index contributed by atoms with van der Waals surface area (Å²) in [6.07, 6.45) is 2.47. The molecule has 2 fully saturated rings. The van der Waals surface area contributed by atoms with Gasteiger partial charge in [0.05, 0.1) is 0 Å². The van der Waals surface area contributed by atoms with Crippen LogP contribution < -0.4 is 5.32 Å². The lowest BCUT2D eigenvalue weighted by molar-refractivity contribution is 0.124. The van der Waals surface area contributed by atoms with Gasteiger partial charge in [-0.05, 0) is 43.7 Å². The van der Waals surface area contributed by atoms with Crippen molar-refractivity contribution >= 4 is 23.3 Å². The van der Waals surface area contributed by atoms with Crippen molar-refractivity contribution in [2.24, 2.45) is 0 Å². The predicted octanol–water partition coefficient (Wildman–Crippen LogP) is 2.65. The molecule has 2 amide bonds. The first-order valence-electron chi connectivity index (χ1n) is 6.78. The van der Waals surface area contributed by atoms with Gasteiger partial charge in [0, 0.05) is 36.4 Å². The lowest BCUT2D eigenvalue weighted by Crippen LogP contribution is -2.53. The van der Waals surface area contributed by atoms with E-state index in [1.807, 2.05) is 17.0 Å². The normalized spacial score (nSPS) is 23.2. The maximum Gasteiger partial charge on any atom is 0.321 e. The first-order chi connectivity index (χ1) is 9.22. The van der Waals surface area contributed by atoms with Gasteiger partial charge >= 0.3 is 6.03 Å². The number of hydrogen-bond donors (Lipinski definition) is 1. The highest BCUT2D eigenvalue weighted by Gasteiger charge is 2.32. The summed E-state index contributed by atoms with van der Waals surface area (Å²) in [7, 11) is 0. The average Bonchev–Trinajstić information content (AvgIpc) is 2.88. The fourth-order valence-electron chi connectivity index (χ4n) is 2.91. The van der Waals surface area contributed by atoms with Crippen molar-refractivity contribution in [3.05, 3.63) is 29.3 Å². The van der Waals surface area contributed by atoms with Gasteiger partial charge in [-0.25, -0.2) is 4.79 Å². The largest absolute Gasteiger partial charge is 0.322 e. The number of piperazine rings is 1. The van der Waals surface area contributed by atoms with Crippen LogP contribution in [-0.2, 0) is 0 Å². The Morgan fingerprint density at radius 3 is 2.79 bits per heavy atom. The minimum atomic E-state index is -0.00567. The summed E-state index contributed by atoms with van der Waals surface area (Å²) in [5.41, 5.74) is 0.795. The van der Waals surface area contributed by atoms with Gasteiger partial charge in [0.25, 0.3) is 0 Å². The SMILES string of the molecule is O=C(Nc1ccc(Cl)cc1)N1CCN2CCC[C@H]2C1. The number of urea groups is 1. The molecular formula is C14H18ClN3O. The maximum absolute atomic E-state index is 12.2. The summed E-state index contributed by atoms with van der Waals surface area (Å²) >= 11 is 5.83. The third-order valence-electron chi connectivity index (χ3n) is 3.97. The molecule has 2 aliphatic heterocycles. The number of halogens is 1. The van der Waals surface area contributed by atoms with E-state index in [2.05, 4.69) is 10.2 Å². The topological polar surface area (TPSA) is 35.6 Å². The number of rotatable bonds is 1. The molecule has 102 valence electrons. The second-order valence-electron chi connectivity index (χ2n) is 5.22. The van der Waals surface area contributed by atoms with Crippen LogP contribution in [0, 0.1) is 0 Å². The van der Waals surface area contributed by atoms with Crippen LogP contribution in [-0.4, -0.2) is 48.1 Å². The Morgan fingerprint density at radius 1 is 1.21 bits per heavy atom. The van der Waals surface area contributed by atoms with Crippen molar-refractivity contribution < 1.29 is 4.79 Å². The van der Waals surface area contributed by atoms with E-state index >= 15 is 0 Å². The predicted molar refractivity (Wildman–Crippen MR) is 76.6 cm³/mol. The van der Waals surface area contributed by atoms with Crippen molar-refractivity contribution in [1.82, 2.24) is 9.80 Å². The van der Waals surface area contributed by atoms with Gasteiger partial charge < -0.3 is 10.2 Å². The monoisotopic (exact) mass is 279 g/mol. The van der Waals surface area contributed by atoms with Crippen LogP contribution in [0.2, 0.25) is 5.02 Å². The summed E-state index contributed by atoms with van der Waals surface area (Å²) in [5.74, 6) is 0. The minimum Gasteiger partial charge on any atom is -0.322 e. The molecular weight excluding hydrogens is 262 g/mol. The molecule has 1 N–H and O–H groups in total. The van der Waals surface area contributed by atoms with Crippen molar-refractivity contribution in [3.8, 4) is 0 Å². The zero-order valence-corrected chi connectivity index (χ0v) is 11.6. The van der Waals surface area contributed by atoms with Crippen LogP contribution in [0.3, 0.4) is 0 Å². The van der Waals surface area contributed by atoms with Gasteiger partial charge in [-0.3, -0.25) is 4.90 Å². The maximum atomic E-state index is 12.2. The van der Waals surface area contributed by atoms with Crippen LogP contribution in [0.25, 0.3) is 0 Å². The Kier molecular flexibility index (Phi) is 3.62. The zero-order valence-electron chi connectivity index (χ0n) is 10.8. The highest BCUT2D eigenvalue weighted by molar-refractivity contribution is 6.30. The summed E-state index contributed by atoms with van der Waals surface area (Å²) in [6, 6.07) is 7.77. The second kappa shape index (κ2) is 5.39. The molecule has 0 spiro atoms. The first kappa shape index (κ1) is 12.8. The fraction of sp³-hybridized carbons (Fsp3) is 0.500. The number of fused-ring (bicyclic) bond motifs is 1. The Labute approximate surface area is 118 Å². The first-order valence-corrected chi connectivity index (χ1v) is 7.16. The average molecular weight is 280 g/mol. The Balaban J connectivity index is 1.59. The van der Waals surface area contributed by atoms with E-state index in [-0.39, 0.29) is 6.03 Å². The Bertz CT molecular complexity index is 462. The molecule has 0 bridgehead atoms. The minimum absolute atomic E-state index is 0.00567. The van der Waals surface area contributed by atoms with Crippen LogP contribution in [0.15, 0.2) is 24.3 Å². The van der Waals surface area contributed by atoms with Crippen molar-refractivity contribution in [2.75, 3.05) is 31.5 Å². The van der Waals surface area contributed by atoms with Crippen LogP contribution in [0.1, 0.15) is 12.8 Å². The third-order valence-corrected chi connectivity index (χ3v) is 4.22. The molecule has 2 aliphatic rings. The second-order valence-corrected chi connectivity index (χ2v) is 5.65. The van der Waals surface area contributed by atoms with Crippen LogP contribution in [0.4, 0.5) is 10.5 Å². The zero-order chi connectivity index (χ0) is 13.2. The van der Waals surface area contributed by atoms with E-state index in [0.717, 1.165) is 25.3 Å². The summed E-state index contributed by atoms with van der Waals surface area (Å²) in [5, 5.41) is 3.61. The molecule has 1 aromatic carbocycles. The van der Waals surface area contributed by atoms with Gasteiger partial charge in [-0.1, -0.05) is 11.6 Å². The number of nitrogens with one attached hydrogen (secondary N) is 1. The van der Waals surface area contributed by atoms with E-state index in [0.29, 0.717) is 11.1 Å². The number of hydrogen-bond acceptors (Lipinski definition) is 2. The van der Waals surface area contributed by atoms with Crippen molar-refractivity contribution in [2.45, 2.75) is 18.9 Å². The summed E-state index contributed by atoms with van der Waals surface area (Å²) in [6.45, 7) is 3.85. The molecule has 5 heteroatoms. The molecule has 1 aromatic rings.